The Morgan fingerprint density at radius 3 is 2.56 bits per heavy atom. The summed E-state index contributed by atoms with van der Waals surface area (Å²) in [4.78, 5) is 11.8. The summed E-state index contributed by atoms with van der Waals surface area (Å²) in [6.07, 6.45) is 0. The first-order valence-corrected chi connectivity index (χ1v) is 5.64. The van der Waals surface area contributed by atoms with Gasteiger partial charge in [-0.05, 0) is 18.6 Å². The van der Waals surface area contributed by atoms with Crippen LogP contribution in [0.25, 0.3) is 0 Å². The summed E-state index contributed by atoms with van der Waals surface area (Å²) in [6, 6.07) is 13.4. The number of Topliss-reactive ketones (excluding diaryl/α,β-unsaturated/α-hetero) is 1. The summed E-state index contributed by atoms with van der Waals surface area (Å²) in [6.45, 7) is 1.58. The minimum absolute atomic E-state index is 0.0908. The first kappa shape index (κ1) is 12.3. The van der Waals surface area contributed by atoms with E-state index >= 15 is 0 Å². The van der Waals surface area contributed by atoms with Crippen molar-refractivity contribution in [3.05, 3.63) is 65.5 Å². The molecule has 2 aromatic rings. The van der Waals surface area contributed by atoms with Crippen molar-refractivity contribution >= 4 is 5.78 Å². The smallest absolute Gasteiger partial charge is 0.200 e. The first-order chi connectivity index (χ1) is 8.66. The predicted octanol–water partition coefficient (Wildman–Crippen LogP) is 3.40. The van der Waals surface area contributed by atoms with E-state index in [1.54, 1.807) is 43.3 Å². The number of carbonyl (C=O) groups is 1. The second-order valence-corrected chi connectivity index (χ2v) is 3.99. The van der Waals surface area contributed by atoms with Crippen molar-refractivity contribution in [1.82, 2.24) is 0 Å². The number of rotatable bonds is 4. The molecule has 0 spiro atoms. The van der Waals surface area contributed by atoms with Gasteiger partial charge < -0.3 is 4.74 Å². The fraction of sp³-hybridized carbons (Fsp3) is 0.133. The molecule has 18 heavy (non-hydrogen) atoms. The second kappa shape index (κ2) is 5.45. The summed E-state index contributed by atoms with van der Waals surface area (Å²) in [7, 11) is 0. The molecule has 0 atom stereocenters. The molecule has 0 saturated heterocycles. The van der Waals surface area contributed by atoms with Crippen molar-refractivity contribution in [2.75, 3.05) is 6.61 Å². The Morgan fingerprint density at radius 2 is 1.89 bits per heavy atom. The third kappa shape index (κ3) is 2.94. The average molecular weight is 244 g/mol. The summed E-state index contributed by atoms with van der Waals surface area (Å²) >= 11 is 0. The number of ketones is 1. The molecule has 2 aromatic carbocycles. The van der Waals surface area contributed by atoms with Crippen LogP contribution in [0.5, 0.6) is 5.75 Å². The van der Waals surface area contributed by atoms with Crippen LogP contribution in [-0.2, 0) is 0 Å². The SMILES string of the molecule is Cc1ccc(OCC(=O)c2ccccc2)cc1F. The Morgan fingerprint density at radius 1 is 1.17 bits per heavy atom. The van der Waals surface area contributed by atoms with Crippen molar-refractivity contribution in [2.24, 2.45) is 0 Å². The molecule has 0 aliphatic carbocycles. The van der Waals surface area contributed by atoms with Gasteiger partial charge in [0.05, 0.1) is 0 Å². The molecule has 0 bridgehead atoms. The fourth-order valence-electron chi connectivity index (χ4n) is 1.52. The molecule has 2 nitrogen and oxygen atoms in total. The van der Waals surface area contributed by atoms with Gasteiger partial charge in [0.2, 0.25) is 0 Å². The maximum atomic E-state index is 13.3. The van der Waals surface area contributed by atoms with Gasteiger partial charge >= 0.3 is 0 Å². The van der Waals surface area contributed by atoms with Crippen LogP contribution in [0.3, 0.4) is 0 Å². The lowest BCUT2D eigenvalue weighted by Crippen LogP contribution is -2.11. The maximum Gasteiger partial charge on any atom is 0.200 e. The van der Waals surface area contributed by atoms with Gasteiger partial charge in [0.25, 0.3) is 0 Å². The third-order valence-corrected chi connectivity index (χ3v) is 2.61. The van der Waals surface area contributed by atoms with Crippen LogP contribution >= 0.6 is 0 Å². The first-order valence-electron chi connectivity index (χ1n) is 5.64. The Balaban J connectivity index is 1.99. The number of hydrogen-bond donors (Lipinski definition) is 0. The second-order valence-electron chi connectivity index (χ2n) is 3.99. The normalized spacial score (nSPS) is 10.1. The topological polar surface area (TPSA) is 26.3 Å². The van der Waals surface area contributed by atoms with Crippen LogP contribution in [0.4, 0.5) is 4.39 Å². The van der Waals surface area contributed by atoms with Gasteiger partial charge in [-0.25, -0.2) is 4.39 Å². The van der Waals surface area contributed by atoms with Crippen molar-refractivity contribution in [3.63, 3.8) is 0 Å². The van der Waals surface area contributed by atoms with Gasteiger partial charge in [0, 0.05) is 11.6 Å². The summed E-state index contributed by atoms with van der Waals surface area (Å²) in [5.41, 5.74) is 1.14. The summed E-state index contributed by atoms with van der Waals surface area (Å²) < 4.78 is 18.5. The Bertz CT molecular complexity index is 550. The standard InChI is InChI=1S/C15H13FO2/c1-11-7-8-13(9-14(11)16)18-10-15(17)12-5-3-2-4-6-12/h2-9H,10H2,1H3. The summed E-state index contributed by atoms with van der Waals surface area (Å²) in [5.74, 6) is -0.0985. The zero-order chi connectivity index (χ0) is 13.0. The highest BCUT2D eigenvalue weighted by Gasteiger charge is 2.07. The molecular formula is C15H13FO2. The van der Waals surface area contributed by atoms with Gasteiger partial charge in [-0.15, -0.1) is 0 Å². The van der Waals surface area contributed by atoms with Gasteiger partial charge in [-0.3, -0.25) is 4.79 Å². The van der Waals surface area contributed by atoms with Crippen LogP contribution in [0, 0.1) is 12.7 Å². The van der Waals surface area contributed by atoms with Crippen LogP contribution < -0.4 is 4.74 Å². The molecule has 0 N–H and O–H groups in total. The Hall–Kier alpha value is -2.16. The van der Waals surface area contributed by atoms with Crippen LogP contribution in [0.15, 0.2) is 48.5 Å². The molecule has 0 fully saturated rings. The van der Waals surface area contributed by atoms with E-state index in [9.17, 15) is 9.18 Å². The lowest BCUT2D eigenvalue weighted by atomic mass is 10.1. The molecule has 3 heteroatoms. The van der Waals surface area contributed by atoms with Gasteiger partial charge in [-0.2, -0.15) is 0 Å². The number of halogens is 1. The molecule has 0 aliphatic heterocycles. The van der Waals surface area contributed by atoms with Crippen molar-refractivity contribution in [1.29, 1.82) is 0 Å². The predicted molar refractivity (Wildman–Crippen MR) is 67.4 cm³/mol. The molecule has 0 radical (unpaired) electrons. The highest BCUT2D eigenvalue weighted by Crippen LogP contribution is 2.16. The van der Waals surface area contributed by atoms with Crippen molar-refractivity contribution in [2.45, 2.75) is 6.92 Å². The molecule has 92 valence electrons. The fourth-order valence-corrected chi connectivity index (χ4v) is 1.52. The molecule has 0 heterocycles. The molecule has 0 saturated carbocycles. The van der Waals surface area contributed by atoms with E-state index in [0.29, 0.717) is 16.9 Å². The molecular weight excluding hydrogens is 231 g/mol. The minimum Gasteiger partial charge on any atom is -0.485 e. The zero-order valence-corrected chi connectivity index (χ0v) is 10.0. The van der Waals surface area contributed by atoms with Gasteiger partial charge in [-0.1, -0.05) is 36.4 Å². The number of ether oxygens (including phenoxy) is 1. The zero-order valence-electron chi connectivity index (χ0n) is 10.0. The van der Waals surface area contributed by atoms with Crippen molar-refractivity contribution < 1.29 is 13.9 Å². The van der Waals surface area contributed by atoms with Crippen LogP contribution in [-0.4, -0.2) is 12.4 Å². The van der Waals surface area contributed by atoms with Crippen LogP contribution in [0.1, 0.15) is 15.9 Å². The monoisotopic (exact) mass is 244 g/mol. The maximum absolute atomic E-state index is 13.3. The third-order valence-electron chi connectivity index (χ3n) is 2.61. The van der Waals surface area contributed by atoms with E-state index in [-0.39, 0.29) is 18.2 Å². The van der Waals surface area contributed by atoms with E-state index in [2.05, 4.69) is 0 Å². The minimum atomic E-state index is -0.334. The summed E-state index contributed by atoms with van der Waals surface area (Å²) in [5, 5.41) is 0. The van der Waals surface area contributed by atoms with Crippen molar-refractivity contribution in [3.8, 4) is 5.75 Å². The lowest BCUT2D eigenvalue weighted by molar-refractivity contribution is 0.0921. The molecule has 0 amide bonds. The number of carbonyl (C=O) groups excluding carboxylic acids is 1. The molecule has 0 aliphatic rings. The number of benzene rings is 2. The van der Waals surface area contributed by atoms with E-state index in [1.165, 1.54) is 6.07 Å². The van der Waals surface area contributed by atoms with Crippen LogP contribution in [0.2, 0.25) is 0 Å². The van der Waals surface area contributed by atoms with E-state index in [4.69, 9.17) is 4.74 Å². The average Bonchev–Trinajstić information content (AvgIpc) is 2.41. The molecule has 2 rings (SSSR count). The largest absolute Gasteiger partial charge is 0.485 e. The Labute approximate surface area is 105 Å². The highest BCUT2D eigenvalue weighted by atomic mass is 19.1. The van der Waals surface area contributed by atoms with E-state index in [0.717, 1.165) is 0 Å². The van der Waals surface area contributed by atoms with E-state index in [1.807, 2.05) is 6.07 Å². The van der Waals surface area contributed by atoms with Gasteiger partial charge in [0.15, 0.2) is 12.4 Å². The number of aryl methyl sites for hydroxylation is 1. The molecule has 0 unspecified atom stereocenters. The van der Waals surface area contributed by atoms with E-state index < -0.39 is 0 Å². The molecule has 0 aromatic heterocycles. The highest BCUT2D eigenvalue weighted by molar-refractivity contribution is 5.97. The quantitative estimate of drug-likeness (QED) is 0.770. The van der Waals surface area contributed by atoms with Gasteiger partial charge in [0.1, 0.15) is 11.6 Å². The Kier molecular flexibility index (Phi) is 3.72. The number of hydrogen-bond acceptors (Lipinski definition) is 2. The lowest BCUT2D eigenvalue weighted by Gasteiger charge is -2.06.